The molecule has 0 aromatic heterocycles. The lowest BCUT2D eigenvalue weighted by molar-refractivity contribution is -0.144. The van der Waals surface area contributed by atoms with Crippen LogP contribution < -0.4 is 0 Å². The molecule has 1 aliphatic heterocycles. The van der Waals surface area contributed by atoms with Gasteiger partial charge in [0.05, 0.1) is 6.61 Å². The van der Waals surface area contributed by atoms with Crippen molar-refractivity contribution in [3.05, 3.63) is 12.2 Å². The van der Waals surface area contributed by atoms with Crippen molar-refractivity contribution in [2.45, 2.75) is 26.2 Å². The van der Waals surface area contributed by atoms with E-state index in [1.165, 1.54) is 6.92 Å². The quantitative estimate of drug-likeness (QED) is 0.484. The summed E-state index contributed by atoms with van der Waals surface area (Å²) in [5, 5.41) is 0. The van der Waals surface area contributed by atoms with E-state index in [-0.39, 0.29) is 25.0 Å². The van der Waals surface area contributed by atoms with Gasteiger partial charge in [0.1, 0.15) is 12.7 Å². The normalized spacial score (nSPS) is 28.2. The summed E-state index contributed by atoms with van der Waals surface area (Å²) in [6.45, 7) is 4.01. The number of carbonyl (C=O) groups excluding carboxylic acids is 1. The van der Waals surface area contributed by atoms with Crippen LogP contribution in [-0.2, 0) is 19.0 Å². The van der Waals surface area contributed by atoms with Crippen molar-refractivity contribution in [1.82, 2.24) is 0 Å². The van der Waals surface area contributed by atoms with Gasteiger partial charge in [0.2, 0.25) is 0 Å². The molecule has 0 bridgehead atoms. The monoisotopic (exact) mass is 186 g/mol. The van der Waals surface area contributed by atoms with Crippen molar-refractivity contribution in [2.75, 3.05) is 13.2 Å². The summed E-state index contributed by atoms with van der Waals surface area (Å²) in [5.74, 6) is -0.293. The third-order valence-electron chi connectivity index (χ3n) is 1.60. The minimum atomic E-state index is -0.293. The minimum absolute atomic E-state index is 0.134. The van der Waals surface area contributed by atoms with Crippen LogP contribution >= 0.6 is 0 Å². The smallest absolute Gasteiger partial charge is 0.302 e. The van der Waals surface area contributed by atoms with E-state index in [4.69, 9.17) is 14.2 Å². The summed E-state index contributed by atoms with van der Waals surface area (Å²) in [6.07, 6.45) is 3.25. The van der Waals surface area contributed by atoms with E-state index in [1.54, 1.807) is 0 Å². The van der Waals surface area contributed by atoms with Crippen LogP contribution in [-0.4, -0.2) is 31.6 Å². The first kappa shape index (κ1) is 10.2. The van der Waals surface area contributed by atoms with Crippen molar-refractivity contribution in [3.63, 3.8) is 0 Å². The van der Waals surface area contributed by atoms with E-state index < -0.39 is 0 Å². The Kier molecular flexibility index (Phi) is 3.92. The molecule has 1 aliphatic rings. The standard InChI is InChI=1S/C9H14O4/c1-3-4-9-12-6-8(13-9)5-11-7(2)10/h3-4,8-9H,5-6H2,1-2H3/b4-3-/t8-,9+/m0/s1. The molecule has 74 valence electrons. The second-order valence-electron chi connectivity index (χ2n) is 2.79. The lowest BCUT2D eigenvalue weighted by Crippen LogP contribution is -2.20. The Labute approximate surface area is 77.5 Å². The summed E-state index contributed by atoms with van der Waals surface area (Å²) in [5.41, 5.74) is 0. The number of ether oxygens (including phenoxy) is 3. The molecule has 0 saturated carbocycles. The molecule has 0 aromatic rings. The highest BCUT2D eigenvalue weighted by atomic mass is 16.7. The molecular weight excluding hydrogens is 172 g/mol. The Morgan fingerprint density at radius 2 is 2.46 bits per heavy atom. The maximum atomic E-state index is 10.5. The molecule has 4 heteroatoms. The molecule has 0 aromatic carbocycles. The van der Waals surface area contributed by atoms with Crippen LogP contribution in [0, 0.1) is 0 Å². The second kappa shape index (κ2) is 4.99. The molecule has 0 radical (unpaired) electrons. The van der Waals surface area contributed by atoms with E-state index in [1.807, 2.05) is 19.1 Å². The molecule has 0 spiro atoms. The average Bonchev–Trinajstić information content (AvgIpc) is 2.50. The third kappa shape index (κ3) is 3.57. The Balaban J connectivity index is 2.21. The van der Waals surface area contributed by atoms with E-state index in [0.29, 0.717) is 6.61 Å². The lowest BCUT2D eigenvalue weighted by atomic mass is 10.4. The Morgan fingerprint density at radius 3 is 3.08 bits per heavy atom. The Hall–Kier alpha value is -0.870. The van der Waals surface area contributed by atoms with Crippen LogP contribution in [0.3, 0.4) is 0 Å². The van der Waals surface area contributed by atoms with E-state index in [2.05, 4.69) is 0 Å². The second-order valence-corrected chi connectivity index (χ2v) is 2.79. The fourth-order valence-electron chi connectivity index (χ4n) is 1.03. The zero-order valence-electron chi connectivity index (χ0n) is 7.86. The number of hydrogen-bond acceptors (Lipinski definition) is 4. The van der Waals surface area contributed by atoms with Crippen molar-refractivity contribution in [3.8, 4) is 0 Å². The highest BCUT2D eigenvalue weighted by molar-refractivity contribution is 5.65. The average molecular weight is 186 g/mol. The fourth-order valence-corrected chi connectivity index (χ4v) is 1.03. The first-order valence-corrected chi connectivity index (χ1v) is 4.25. The maximum absolute atomic E-state index is 10.5. The van der Waals surface area contributed by atoms with E-state index >= 15 is 0 Å². The number of hydrogen-bond donors (Lipinski definition) is 0. The zero-order valence-corrected chi connectivity index (χ0v) is 7.86. The van der Waals surface area contributed by atoms with Crippen LogP contribution in [0.2, 0.25) is 0 Å². The van der Waals surface area contributed by atoms with Crippen LogP contribution in [0.15, 0.2) is 12.2 Å². The summed E-state index contributed by atoms with van der Waals surface area (Å²) in [7, 11) is 0. The van der Waals surface area contributed by atoms with Gasteiger partial charge in [0.25, 0.3) is 0 Å². The molecule has 0 unspecified atom stereocenters. The number of rotatable bonds is 3. The number of carbonyl (C=O) groups is 1. The van der Waals surface area contributed by atoms with Gasteiger partial charge < -0.3 is 14.2 Å². The third-order valence-corrected chi connectivity index (χ3v) is 1.60. The van der Waals surface area contributed by atoms with Gasteiger partial charge in [-0.15, -0.1) is 0 Å². The molecule has 1 heterocycles. The van der Waals surface area contributed by atoms with Crippen molar-refractivity contribution >= 4 is 5.97 Å². The van der Waals surface area contributed by atoms with Gasteiger partial charge in [-0.25, -0.2) is 0 Å². The zero-order chi connectivity index (χ0) is 9.68. The number of esters is 1. The maximum Gasteiger partial charge on any atom is 0.302 e. The van der Waals surface area contributed by atoms with Crippen molar-refractivity contribution in [2.24, 2.45) is 0 Å². The molecule has 1 saturated heterocycles. The highest BCUT2D eigenvalue weighted by Gasteiger charge is 2.24. The Morgan fingerprint density at radius 1 is 1.69 bits per heavy atom. The molecule has 0 amide bonds. The fraction of sp³-hybridized carbons (Fsp3) is 0.667. The van der Waals surface area contributed by atoms with Gasteiger partial charge in [-0.2, -0.15) is 0 Å². The predicted octanol–water partition coefficient (Wildman–Crippen LogP) is 0.867. The van der Waals surface area contributed by atoms with Crippen molar-refractivity contribution in [1.29, 1.82) is 0 Å². The lowest BCUT2D eigenvalue weighted by Gasteiger charge is -2.07. The molecule has 1 fully saturated rings. The summed E-state index contributed by atoms with van der Waals surface area (Å²) in [4.78, 5) is 10.5. The summed E-state index contributed by atoms with van der Waals surface area (Å²) in [6, 6.07) is 0. The molecule has 4 nitrogen and oxygen atoms in total. The van der Waals surface area contributed by atoms with Crippen LogP contribution in [0.5, 0.6) is 0 Å². The van der Waals surface area contributed by atoms with Gasteiger partial charge in [0.15, 0.2) is 6.29 Å². The predicted molar refractivity (Wildman–Crippen MR) is 46.1 cm³/mol. The van der Waals surface area contributed by atoms with Crippen LogP contribution in [0.25, 0.3) is 0 Å². The van der Waals surface area contributed by atoms with Crippen LogP contribution in [0.1, 0.15) is 13.8 Å². The van der Waals surface area contributed by atoms with E-state index in [9.17, 15) is 4.79 Å². The highest BCUT2D eigenvalue weighted by Crippen LogP contribution is 2.12. The topological polar surface area (TPSA) is 44.8 Å². The molecule has 1 rings (SSSR count). The van der Waals surface area contributed by atoms with Crippen molar-refractivity contribution < 1.29 is 19.0 Å². The number of allylic oxidation sites excluding steroid dienone is 1. The van der Waals surface area contributed by atoms with Gasteiger partial charge in [-0.3, -0.25) is 4.79 Å². The van der Waals surface area contributed by atoms with Gasteiger partial charge in [-0.05, 0) is 13.0 Å². The van der Waals surface area contributed by atoms with Gasteiger partial charge in [-0.1, -0.05) is 6.08 Å². The van der Waals surface area contributed by atoms with Crippen LogP contribution in [0.4, 0.5) is 0 Å². The summed E-state index contributed by atoms with van der Waals surface area (Å²) < 4.78 is 15.4. The van der Waals surface area contributed by atoms with E-state index in [0.717, 1.165) is 0 Å². The van der Waals surface area contributed by atoms with Gasteiger partial charge >= 0.3 is 5.97 Å². The molecule has 0 N–H and O–H groups in total. The minimum Gasteiger partial charge on any atom is -0.463 e. The molecule has 0 aliphatic carbocycles. The first-order chi connectivity index (χ1) is 6.22. The first-order valence-electron chi connectivity index (χ1n) is 4.25. The summed E-state index contributed by atoms with van der Waals surface area (Å²) >= 11 is 0. The Bertz CT molecular complexity index is 200. The molecule has 2 atom stereocenters. The SMILES string of the molecule is C/C=C\[C@@H]1OC[C@H](COC(C)=O)O1. The largest absolute Gasteiger partial charge is 0.463 e. The molecular formula is C9H14O4. The van der Waals surface area contributed by atoms with Gasteiger partial charge in [0, 0.05) is 6.92 Å². The molecule has 13 heavy (non-hydrogen) atoms.